The second kappa shape index (κ2) is 5.93. The molecule has 1 aliphatic rings. The first-order chi connectivity index (χ1) is 10.9. The molecule has 0 saturated carbocycles. The van der Waals surface area contributed by atoms with Crippen LogP contribution in [0.3, 0.4) is 0 Å². The smallest absolute Gasteiger partial charge is 0.246 e. The molecular weight excluding hydrogens is 323 g/mol. The zero-order valence-electron chi connectivity index (χ0n) is 12.8. The highest BCUT2D eigenvalue weighted by atomic mass is 32.2. The summed E-state index contributed by atoms with van der Waals surface area (Å²) >= 11 is 0. The fraction of sp³-hybridized carbons (Fsp3) is 0.400. The van der Waals surface area contributed by atoms with Crippen LogP contribution in [0.15, 0.2) is 27.6 Å². The molecule has 8 heteroatoms. The molecule has 6 nitrogen and oxygen atoms in total. The van der Waals surface area contributed by atoms with Crippen LogP contribution in [0, 0.1) is 19.7 Å². The van der Waals surface area contributed by atoms with E-state index in [2.05, 4.69) is 9.88 Å². The van der Waals surface area contributed by atoms with E-state index < -0.39 is 21.9 Å². The van der Waals surface area contributed by atoms with Gasteiger partial charge in [0.2, 0.25) is 10.0 Å². The number of aryl methyl sites for hydroxylation is 2. The van der Waals surface area contributed by atoms with Crippen LogP contribution in [-0.4, -0.2) is 20.2 Å². The van der Waals surface area contributed by atoms with E-state index in [1.165, 1.54) is 18.2 Å². The predicted octanol–water partition coefficient (Wildman–Crippen LogP) is 2.62. The minimum Gasteiger partial charge on any atom is -0.493 e. The maximum absolute atomic E-state index is 13.6. The molecule has 1 unspecified atom stereocenters. The molecule has 1 aromatic carbocycles. The Balaban J connectivity index is 1.98. The molecule has 1 aromatic heterocycles. The van der Waals surface area contributed by atoms with Crippen LogP contribution in [0.25, 0.3) is 0 Å². The normalized spacial score (nSPS) is 18.1. The highest BCUT2D eigenvalue weighted by Gasteiger charge is 2.30. The van der Waals surface area contributed by atoms with Crippen LogP contribution in [0.5, 0.6) is 5.75 Å². The summed E-state index contributed by atoms with van der Waals surface area (Å²) in [7, 11) is -3.83. The molecule has 0 amide bonds. The number of hydrogen-bond acceptors (Lipinski definition) is 5. The van der Waals surface area contributed by atoms with Gasteiger partial charge in [0.25, 0.3) is 0 Å². The number of sulfonamides is 1. The second-order valence-corrected chi connectivity index (χ2v) is 7.15. The van der Waals surface area contributed by atoms with Crippen molar-refractivity contribution in [1.29, 1.82) is 0 Å². The van der Waals surface area contributed by atoms with Gasteiger partial charge in [-0.2, -0.15) is 0 Å². The van der Waals surface area contributed by atoms with Gasteiger partial charge in [-0.15, -0.1) is 0 Å². The van der Waals surface area contributed by atoms with Crippen molar-refractivity contribution >= 4 is 10.0 Å². The highest BCUT2D eigenvalue weighted by Crippen LogP contribution is 2.33. The van der Waals surface area contributed by atoms with Crippen LogP contribution in [0.2, 0.25) is 0 Å². The van der Waals surface area contributed by atoms with Gasteiger partial charge in [-0.25, -0.2) is 17.5 Å². The number of aromatic nitrogens is 1. The van der Waals surface area contributed by atoms with Crippen molar-refractivity contribution in [2.75, 3.05) is 6.61 Å². The van der Waals surface area contributed by atoms with Crippen molar-refractivity contribution in [3.05, 3.63) is 41.0 Å². The number of benzene rings is 1. The number of halogens is 1. The van der Waals surface area contributed by atoms with Gasteiger partial charge < -0.3 is 9.26 Å². The largest absolute Gasteiger partial charge is 0.493 e. The standard InChI is InChI=1S/C15H17FN2O4S/c1-9-15(10(2)22-17-9)23(19,20)18-13-4-3-7-21-14-6-5-11(16)8-12(13)14/h5-6,8,13,18H,3-4,7H2,1-2H3. The molecule has 124 valence electrons. The molecule has 2 heterocycles. The minimum absolute atomic E-state index is 0.0284. The third kappa shape index (κ3) is 3.09. The van der Waals surface area contributed by atoms with Crippen molar-refractivity contribution in [3.8, 4) is 5.75 Å². The molecule has 0 saturated heterocycles. The van der Waals surface area contributed by atoms with Crippen LogP contribution in [-0.2, 0) is 10.0 Å². The molecule has 0 aliphatic carbocycles. The summed E-state index contributed by atoms with van der Waals surface area (Å²) in [4.78, 5) is 0.0284. The Bertz CT molecular complexity index is 812. The van der Waals surface area contributed by atoms with Crippen LogP contribution < -0.4 is 9.46 Å². The zero-order valence-corrected chi connectivity index (χ0v) is 13.6. The summed E-state index contributed by atoms with van der Waals surface area (Å²) in [6.07, 6.45) is 1.17. The van der Waals surface area contributed by atoms with Gasteiger partial charge in [0, 0.05) is 5.56 Å². The van der Waals surface area contributed by atoms with E-state index in [0.717, 1.165) is 0 Å². The number of fused-ring (bicyclic) bond motifs is 1. The number of nitrogens with zero attached hydrogens (tertiary/aromatic N) is 1. The third-order valence-electron chi connectivity index (χ3n) is 3.78. The molecular formula is C15H17FN2O4S. The van der Waals surface area contributed by atoms with Crippen molar-refractivity contribution in [2.24, 2.45) is 0 Å². The maximum Gasteiger partial charge on any atom is 0.246 e. The van der Waals surface area contributed by atoms with Crippen molar-refractivity contribution in [3.63, 3.8) is 0 Å². The Morgan fingerprint density at radius 2 is 2.13 bits per heavy atom. The number of hydrogen-bond donors (Lipinski definition) is 1. The Hall–Kier alpha value is -1.93. The van der Waals surface area contributed by atoms with E-state index in [0.29, 0.717) is 36.5 Å². The molecule has 0 spiro atoms. The zero-order chi connectivity index (χ0) is 16.6. The van der Waals surface area contributed by atoms with Gasteiger partial charge in [0.1, 0.15) is 22.2 Å². The van der Waals surface area contributed by atoms with E-state index in [1.54, 1.807) is 13.8 Å². The van der Waals surface area contributed by atoms with Gasteiger partial charge in [-0.3, -0.25) is 0 Å². The summed E-state index contributed by atoms with van der Waals surface area (Å²) in [5, 5.41) is 3.67. The molecule has 0 bridgehead atoms. The predicted molar refractivity (Wildman–Crippen MR) is 80.2 cm³/mol. The average molecular weight is 340 g/mol. The number of rotatable bonds is 3. The topological polar surface area (TPSA) is 81.4 Å². The molecule has 2 aromatic rings. The van der Waals surface area contributed by atoms with E-state index in [9.17, 15) is 12.8 Å². The molecule has 0 fully saturated rings. The Kier molecular flexibility index (Phi) is 4.11. The summed E-state index contributed by atoms with van der Waals surface area (Å²) in [5.41, 5.74) is 0.789. The average Bonchev–Trinajstić information content (AvgIpc) is 2.71. The first-order valence-corrected chi connectivity index (χ1v) is 8.74. The molecule has 1 aliphatic heterocycles. The lowest BCUT2D eigenvalue weighted by molar-refractivity contribution is 0.315. The van der Waals surface area contributed by atoms with Crippen LogP contribution in [0.1, 0.15) is 35.9 Å². The third-order valence-corrected chi connectivity index (χ3v) is 5.49. The van der Waals surface area contributed by atoms with Crippen LogP contribution >= 0.6 is 0 Å². The van der Waals surface area contributed by atoms with Gasteiger partial charge in [-0.05, 0) is 44.9 Å². The SMILES string of the molecule is Cc1noc(C)c1S(=O)(=O)NC1CCCOc2ccc(F)cc21. The Labute approximate surface area is 133 Å². The van der Waals surface area contributed by atoms with Crippen LogP contribution in [0.4, 0.5) is 4.39 Å². The Morgan fingerprint density at radius 1 is 1.35 bits per heavy atom. The monoisotopic (exact) mass is 340 g/mol. The summed E-state index contributed by atoms with van der Waals surface area (Å²) in [6, 6.07) is 3.56. The van der Waals surface area contributed by atoms with Gasteiger partial charge in [0.15, 0.2) is 5.76 Å². The lowest BCUT2D eigenvalue weighted by Gasteiger charge is -2.18. The minimum atomic E-state index is -3.83. The van der Waals surface area contributed by atoms with Crippen molar-refractivity contribution < 1.29 is 22.1 Å². The molecule has 1 N–H and O–H groups in total. The highest BCUT2D eigenvalue weighted by molar-refractivity contribution is 7.89. The first-order valence-electron chi connectivity index (χ1n) is 7.26. The van der Waals surface area contributed by atoms with E-state index in [-0.39, 0.29) is 10.7 Å². The quantitative estimate of drug-likeness (QED) is 0.929. The van der Waals surface area contributed by atoms with E-state index >= 15 is 0 Å². The summed E-state index contributed by atoms with van der Waals surface area (Å²) < 4.78 is 52.0. The lowest BCUT2D eigenvalue weighted by atomic mass is 10.0. The molecule has 0 radical (unpaired) electrons. The van der Waals surface area contributed by atoms with Crippen molar-refractivity contribution in [2.45, 2.75) is 37.6 Å². The summed E-state index contributed by atoms with van der Waals surface area (Å²) in [5.74, 6) is 0.283. The summed E-state index contributed by atoms with van der Waals surface area (Å²) in [6.45, 7) is 3.56. The molecule has 1 atom stereocenters. The van der Waals surface area contributed by atoms with E-state index in [4.69, 9.17) is 9.26 Å². The molecule has 23 heavy (non-hydrogen) atoms. The maximum atomic E-state index is 13.6. The van der Waals surface area contributed by atoms with Gasteiger partial charge in [0.05, 0.1) is 12.6 Å². The number of ether oxygens (including phenoxy) is 1. The van der Waals surface area contributed by atoms with Gasteiger partial charge >= 0.3 is 0 Å². The lowest BCUT2D eigenvalue weighted by Crippen LogP contribution is -2.29. The fourth-order valence-corrected chi connectivity index (χ4v) is 4.35. The fourth-order valence-electron chi connectivity index (χ4n) is 2.78. The van der Waals surface area contributed by atoms with Gasteiger partial charge in [-0.1, -0.05) is 5.16 Å². The van der Waals surface area contributed by atoms with Crippen molar-refractivity contribution in [1.82, 2.24) is 9.88 Å². The second-order valence-electron chi connectivity index (χ2n) is 5.50. The van der Waals surface area contributed by atoms with E-state index in [1.807, 2.05) is 0 Å². The molecule has 3 rings (SSSR count). The number of nitrogens with one attached hydrogen (secondary N) is 1. The Morgan fingerprint density at radius 3 is 2.83 bits per heavy atom. The first kappa shape index (κ1) is 15.9.